The zero-order valence-corrected chi connectivity index (χ0v) is 12.7. The van der Waals surface area contributed by atoms with E-state index < -0.39 is 0 Å². The van der Waals surface area contributed by atoms with Gasteiger partial charge in [0.25, 0.3) is 0 Å². The third-order valence-corrected chi connectivity index (χ3v) is 4.22. The molecule has 1 saturated carbocycles. The summed E-state index contributed by atoms with van der Waals surface area (Å²) in [4.78, 5) is 8.97. The SMILES string of the molecule is CC1CCC(Nc2cc(N)nc(C(C)(C)C)n2)C1C. The number of aromatic nitrogens is 2. The van der Waals surface area contributed by atoms with Gasteiger partial charge in [-0.2, -0.15) is 0 Å². The highest BCUT2D eigenvalue weighted by Crippen LogP contribution is 2.33. The van der Waals surface area contributed by atoms with Crippen molar-refractivity contribution in [2.45, 2.75) is 58.9 Å². The Bertz CT molecular complexity index is 450. The summed E-state index contributed by atoms with van der Waals surface area (Å²) >= 11 is 0. The maximum Gasteiger partial charge on any atom is 0.138 e. The molecule has 0 amide bonds. The third-order valence-electron chi connectivity index (χ3n) is 4.22. The van der Waals surface area contributed by atoms with Gasteiger partial charge in [0.15, 0.2) is 0 Å². The molecule has 3 unspecified atom stereocenters. The summed E-state index contributed by atoms with van der Waals surface area (Å²) < 4.78 is 0. The van der Waals surface area contributed by atoms with E-state index in [-0.39, 0.29) is 5.41 Å². The topological polar surface area (TPSA) is 63.8 Å². The first-order valence-corrected chi connectivity index (χ1v) is 7.19. The van der Waals surface area contributed by atoms with Crippen LogP contribution >= 0.6 is 0 Å². The molecular formula is C15H26N4. The van der Waals surface area contributed by atoms with Gasteiger partial charge in [0, 0.05) is 17.5 Å². The highest BCUT2D eigenvalue weighted by Gasteiger charge is 2.30. The van der Waals surface area contributed by atoms with Crippen LogP contribution in [0.5, 0.6) is 0 Å². The van der Waals surface area contributed by atoms with Gasteiger partial charge in [0.2, 0.25) is 0 Å². The monoisotopic (exact) mass is 262 g/mol. The number of hydrogen-bond acceptors (Lipinski definition) is 4. The Kier molecular flexibility index (Phi) is 3.70. The first-order chi connectivity index (χ1) is 8.77. The second-order valence-corrected chi connectivity index (χ2v) is 6.92. The molecule has 1 aliphatic rings. The molecule has 4 nitrogen and oxygen atoms in total. The van der Waals surface area contributed by atoms with Crippen molar-refractivity contribution in [3.63, 3.8) is 0 Å². The highest BCUT2D eigenvalue weighted by molar-refractivity contribution is 5.46. The number of nitrogens with one attached hydrogen (secondary N) is 1. The van der Waals surface area contributed by atoms with Gasteiger partial charge < -0.3 is 11.1 Å². The Balaban J connectivity index is 2.19. The molecule has 1 aromatic heterocycles. The Morgan fingerprint density at radius 3 is 2.42 bits per heavy atom. The minimum Gasteiger partial charge on any atom is -0.384 e. The van der Waals surface area contributed by atoms with Crippen LogP contribution in [-0.4, -0.2) is 16.0 Å². The van der Waals surface area contributed by atoms with Crippen LogP contribution in [0, 0.1) is 11.8 Å². The molecule has 0 saturated heterocycles. The lowest BCUT2D eigenvalue weighted by molar-refractivity contribution is 0.434. The molecule has 0 radical (unpaired) electrons. The van der Waals surface area contributed by atoms with E-state index in [0.717, 1.165) is 17.6 Å². The van der Waals surface area contributed by atoms with Crippen molar-refractivity contribution in [1.29, 1.82) is 0 Å². The average Bonchev–Trinajstić information content (AvgIpc) is 2.59. The zero-order chi connectivity index (χ0) is 14.2. The van der Waals surface area contributed by atoms with Crippen LogP contribution < -0.4 is 11.1 Å². The number of anilines is 2. The molecule has 1 aliphatic carbocycles. The Morgan fingerprint density at radius 2 is 1.89 bits per heavy atom. The molecule has 106 valence electrons. The lowest BCUT2D eigenvalue weighted by Gasteiger charge is -2.22. The van der Waals surface area contributed by atoms with Gasteiger partial charge in [-0.05, 0) is 24.7 Å². The lowest BCUT2D eigenvalue weighted by Crippen LogP contribution is -2.26. The lowest BCUT2D eigenvalue weighted by atomic mass is 9.95. The van der Waals surface area contributed by atoms with Crippen molar-refractivity contribution in [2.75, 3.05) is 11.1 Å². The van der Waals surface area contributed by atoms with Crippen molar-refractivity contribution in [3.8, 4) is 0 Å². The Morgan fingerprint density at radius 1 is 1.21 bits per heavy atom. The molecule has 2 rings (SSSR count). The number of nitrogen functional groups attached to an aromatic ring is 1. The van der Waals surface area contributed by atoms with E-state index in [0.29, 0.717) is 17.8 Å². The van der Waals surface area contributed by atoms with E-state index in [4.69, 9.17) is 5.73 Å². The number of nitrogens with zero attached hydrogens (tertiary/aromatic N) is 2. The first kappa shape index (κ1) is 14.1. The van der Waals surface area contributed by atoms with E-state index in [1.807, 2.05) is 6.07 Å². The van der Waals surface area contributed by atoms with Gasteiger partial charge >= 0.3 is 0 Å². The van der Waals surface area contributed by atoms with Crippen LogP contribution in [-0.2, 0) is 5.41 Å². The summed E-state index contributed by atoms with van der Waals surface area (Å²) in [6.45, 7) is 10.9. The largest absolute Gasteiger partial charge is 0.384 e. The molecule has 0 aliphatic heterocycles. The Hall–Kier alpha value is -1.32. The second kappa shape index (κ2) is 4.99. The van der Waals surface area contributed by atoms with Crippen molar-refractivity contribution >= 4 is 11.6 Å². The number of hydrogen-bond donors (Lipinski definition) is 2. The van der Waals surface area contributed by atoms with Crippen LogP contribution in [0.25, 0.3) is 0 Å². The summed E-state index contributed by atoms with van der Waals surface area (Å²) in [6.07, 6.45) is 2.49. The molecule has 0 bridgehead atoms. The predicted molar refractivity (Wildman–Crippen MR) is 80.1 cm³/mol. The molecular weight excluding hydrogens is 236 g/mol. The number of rotatable bonds is 2. The first-order valence-electron chi connectivity index (χ1n) is 7.19. The van der Waals surface area contributed by atoms with Crippen LogP contribution in [0.4, 0.5) is 11.6 Å². The molecule has 1 heterocycles. The molecule has 1 aromatic rings. The quantitative estimate of drug-likeness (QED) is 0.859. The summed E-state index contributed by atoms with van der Waals surface area (Å²) in [5.41, 5.74) is 5.82. The van der Waals surface area contributed by atoms with Crippen LogP contribution in [0.3, 0.4) is 0 Å². The standard InChI is InChI=1S/C15H26N4/c1-9-6-7-11(10(9)2)17-13-8-12(16)18-14(19-13)15(3,4)5/h8-11H,6-7H2,1-5H3,(H3,16,17,18,19). The van der Waals surface area contributed by atoms with Gasteiger partial charge in [0.1, 0.15) is 17.5 Å². The van der Waals surface area contributed by atoms with Gasteiger partial charge in [-0.25, -0.2) is 9.97 Å². The van der Waals surface area contributed by atoms with Crippen molar-refractivity contribution in [2.24, 2.45) is 11.8 Å². The predicted octanol–water partition coefficient (Wildman–Crippen LogP) is 3.20. The summed E-state index contributed by atoms with van der Waals surface area (Å²) in [5, 5.41) is 3.54. The fourth-order valence-electron chi connectivity index (χ4n) is 2.63. The second-order valence-electron chi connectivity index (χ2n) is 6.92. The van der Waals surface area contributed by atoms with Crippen molar-refractivity contribution in [1.82, 2.24) is 9.97 Å². The maximum atomic E-state index is 5.90. The molecule has 0 spiro atoms. The molecule has 19 heavy (non-hydrogen) atoms. The maximum absolute atomic E-state index is 5.90. The van der Waals surface area contributed by atoms with E-state index in [1.54, 1.807) is 0 Å². The number of nitrogens with two attached hydrogens (primary N) is 1. The fourth-order valence-corrected chi connectivity index (χ4v) is 2.63. The van der Waals surface area contributed by atoms with Gasteiger partial charge in [-0.15, -0.1) is 0 Å². The average molecular weight is 262 g/mol. The van der Waals surface area contributed by atoms with E-state index in [9.17, 15) is 0 Å². The van der Waals surface area contributed by atoms with E-state index in [2.05, 4.69) is 49.9 Å². The third kappa shape index (κ3) is 3.17. The van der Waals surface area contributed by atoms with Gasteiger partial charge in [-0.3, -0.25) is 0 Å². The van der Waals surface area contributed by atoms with Gasteiger partial charge in [0.05, 0.1) is 0 Å². The summed E-state index contributed by atoms with van der Waals surface area (Å²) in [6, 6.07) is 2.34. The van der Waals surface area contributed by atoms with Crippen LogP contribution in [0.1, 0.15) is 53.3 Å². The molecule has 3 N–H and O–H groups in total. The van der Waals surface area contributed by atoms with Crippen molar-refractivity contribution < 1.29 is 0 Å². The molecule has 0 aromatic carbocycles. The van der Waals surface area contributed by atoms with E-state index >= 15 is 0 Å². The minimum absolute atomic E-state index is 0.0829. The fraction of sp³-hybridized carbons (Fsp3) is 0.733. The van der Waals surface area contributed by atoms with Crippen molar-refractivity contribution in [3.05, 3.63) is 11.9 Å². The molecule has 1 fully saturated rings. The minimum atomic E-state index is -0.0829. The molecule has 3 atom stereocenters. The molecule has 4 heteroatoms. The normalized spacial score (nSPS) is 27.5. The van der Waals surface area contributed by atoms with E-state index in [1.165, 1.54) is 12.8 Å². The zero-order valence-electron chi connectivity index (χ0n) is 12.7. The Labute approximate surface area is 116 Å². The van der Waals surface area contributed by atoms with Crippen LogP contribution in [0.15, 0.2) is 6.07 Å². The summed E-state index contributed by atoms with van der Waals surface area (Å²) in [7, 11) is 0. The summed E-state index contributed by atoms with van der Waals surface area (Å²) in [5.74, 6) is 3.66. The highest BCUT2D eigenvalue weighted by atomic mass is 15.1. The van der Waals surface area contributed by atoms with Crippen LogP contribution in [0.2, 0.25) is 0 Å². The smallest absolute Gasteiger partial charge is 0.138 e. The van der Waals surface area contributed by atoms with Gasteiger partial charge in [-0.1, -0.05) is 34.6 Å².